The van der Waals surface area contributed by atoms with Crippen molar-refractivity contribution in [3.63, 3.8) is 0 Å². The van der Waals surface area contributed by atoms with Gasteiger partial charge in [0.15, 0.2) is 0 Å². The van der Waals surface area contributed by atoms with Crippen LogP contribution in [0.2, 0.25) is 5.15 Å². The van der Waals surface area contributed by atoms with Crippen molar-refractivity contribution in [2.24, 2.45) is 0 Å². The van der Waals surface area contributed by atoms with E-state index in [1.807, 2.05) is 72.8 Å². The maximum atomic E-state index is 6.30. The van der Waals surface area contributed by atoms with Gasteiger partial charge in [-0.2, -0.15) is 0 Å². The number of benzene rings is 2. The van der Waals surface area contributed by atoms with Gasteiger partial charge in [0.1, 0.15) is 5.15 Å². The van der Waals surface area contributed by atoms with Gasteiger partial charge in [-0.1, -0.05) is 72.3 Å². The first kappa shape index (κ1) is 11.9. The normalized spacial score (nSPS) is 10.4. The van der Waals surface area contributed by atoms with Crippen molar-refractivity contribution in [1.82, 2.24) is 4.98 Å². The van der Waals surface area contributed by atoms with Crippen LogP contribution >= 0.6 is 11.6 Å². The molecular formula is C17H12ClN. The van der Waals surface area contributed by atoms with Gasteiger partial charge >= 0.3 is 0 Å². The van der Waals surface area contributed by atoms with Crippen molar-refractivity contribution >= 4 is 11.6 Å². The third kappa shape index (κ3) is 2.51. The minimum Gasteiger partial charge on any atom is -0.235 e. The molecule has 92 valence electrons. The third-order valence-corrected chi connectivity index (χ3v) is 3.29. The van der Waals surface area contributed by atoms with Gasteiger partial charge in [0.05, 0.1) is 5.69 Å². The van der Waals surface area contributed by atoms with Crippen molar-refractivity contribution in [3.05, 3.63) is 77.9 Å². The monoisotopic (exact) mass is 265 g/mol. The maximum Gasteiger partial charge on any atom is 0.137 e. The summed E-state index contributed by atoms with van der Waals surface area (Å²) in [5, 5.41) is 0.535. The van der Waals surface area contributed by atoms with E-state index in [1.165, 1.54) is 0 Å². The highest BCUT2D eigenvalue weighted by Crippen LogP contribution is 2.29. The van der Waals surface area contributed by atoms with Crippen molar-refractivity contribution in [2.45, 2.75) is 0 Å². The molecular weight excluding hydrogens is 254 g/mol. The fraction of sp³-hybridized carbons (Fsp3) is 0. The lowest BCUT2D eigenvalue weighted by molar-refractivity contribution is 1.32. The molecule has 2 heteroatoms. The van der Waals surface area contributed by atoms with Gasteiger partial charge in [-0.25, -0.2) is 4.98 Å². The minimum absolute atomic E-state index is 0.535. The Kier molecular flexibility index (Phi) is 3.30. The summed E-state index contributed by atoms with van der Waals surface area (Å²) in [4.78, 5) is 4.49. The summed E-state index contributed by atoms with van der Waals surface area (Å²) < 4.78 is 0. The quantitative estimate of drug-likeness (QED) is 0.590. The van der Waals surface area contributed by atoms with Crippen LogP contribution in [0.3, 0.4) is 0 Å². The van der Waals surface area contributed by atoms with Crippen LogP contribution in [0, 0.1) is 0 Å². The van der Waals surface area contributed by atoms with E-state index < -0.39 is 0 Å². The lowest BCUT2D eigenvalue weighted by Crippen LogP contribution is -1.87. The standard InChI is InChI=1S/C17H12ClN/c18-17-15(13-7-3-1-4-8-13)11-12-16(19-17)14-9-5-2-6-10-14/h1-12H. The SMILES string of the molecule is Clc1nc(-c2ccccc2)ccc1-c1ccccc1. The van der Waals surface area contributed by atoms with Gasteiger partial charge in [-0.3, -0.25) is 0 Å². The fourth-order valence-corrected chi connectivity index (χ4v) is 2.30. The molecule has 0 saturated heterocycles. The number of hydrogen-bond acceptors (Lipinski definition) is 1. The zero-order valence-electron chi connectivity index (χ0n) is 10.3. The third-order valence-electron chi connectivity index (χ3n) is 3.00. The van der Waals surface area contributed by atoms with Crippen LogP contribution in [0.25, 0.3) is 22.4 Å². The van der Waals surface area contributed by atoms with Crippen LogP contribution in [0.15, 0.2) is 72.8 Å². The van der Waals surface area contributed by atoms with Crippen molar-refractivity contribution < 1.29 is 0 Å². The van der Waals surface area contributed by atoms with Gasteiger partial charge in [0.25, 0.3) is 0 Å². The Bertz CT molecular complexity index is 678. The van der Waals surface area contributed by atoms with Crippen LogP contribution in [0.4, 0.5) is 0 Å². The first-order valence-corrected chi connectivity index (χ1v) is 6.50. The van der Waals surface area contributed by atoms with E-state index in [9.17, 15) is 0 Å². The summed E-state index contributed by atoms with van der Waals surface area (Å²) >= 11 is 6.30. The average Bonchev–Trinajstić information content (AvgIpc) is 2.49. The smallest absolute Gasteiger partial charge is 0.137 e. The van der Waals surface area contributed by atoms with E-state index in [4.69, 9.17) is 11.6 Å². The van der Waals surface area contributed by atoms with Gasteiger partial charge in [0, 0.05) is 11.1 Å². The second kappa shape index (κ2) is 5.25. The molecule has 0 bridgehead atoms. The van der Waals surface area contributed by atoms with Crippen LogP contribution in [0.5, 0.6) is 0 Å². The van der Waals surface area contributed by atoms with Crippen LogP contribution in [-0.2, 0) is 0 Å². The number of hydrogen-bond donors (Lipinski definition) is 0. The lowest BCUT2D eigenvalue weighted by Gasteiger charge is -2.06. The molecule has 19 heavy (non-hydrogen) atoms. The van der Waals surface area contributed by atoms with Gasteiger partial charge in [-0.05, 0) is 17.7 Å². The molecule has 0 fully saturated rings. The number of pyridine rings is 1. The molecule has 0 spiro atoms. The van der Waals surface area contributed by atoms with E-state index >= 15 is 0 Å². The summed E-state index contributed by atoms with van der Waals surface area (Å²) in [5.74, 6) is 0. The summed E-state index contributed by atoms with van der Waals surface area (Å²) in [6.07, 6.45) is 0. The summed E-state index contributed by atoms with van der Waals surface area (Å²) in [7, 11) is 0. The molecule has 2 aromatic carbocycles. The molecule has 1 aromatic heterocycles. The van der Waals surface area contributed by atoms with E-state index in [0.717, 1.165) is 22.4 Å². The minimum atomic E-state index is 0.535. The number of halogens is 1. The first-order valence-electron chi connectivity index (χ1n) is 6.12. The fourth-order valence-electron chi connectivity index (χ4n) is 2.04. The zero-order valence-corrected chi connectivity index (χ0v) is 11.0. The van der Waals surface area contributed by atoms with E-state index in [0.29, 0.717) is 5.15 Å². The molecule has 3 rings (SSSR count). The Morgan fingerprint density at radius 2 is 1.21 bits per heavy atom. The second-order valence-corrected chi connectivity index (χ2v) is 4.62. The average molecular weight is 266 g/mol. The lowest BCUT2D eigenvalue weighted by atomic mass is 10.1. The van der Waals surface area contributed by atoms with Gasteiger partial charge in [0.2, 0.25) is 0 Å². The Hall–Kier alpha value is -2.12. The Labute approximate surface area is 117 Å². The predicted octanol–water partition coefficient (Wildman–Crippen LogP) is 5.07. The van der Waals surface area contributed by atoms with Crippen LogP contribution in [-0.4, -0.2) is 4.98 Å². The molecule has 0 atom stereocenters. The number of rotatable bonds is 2. The highest BCUT2D eigenvalue weighted by atomic mass is 35.5. The molecule has 0 saturated carbocycles. The first-order chi connectivity index (χ1) is 9.34. The highest BCUT2D eigenvalue weighted by molar-refractivity contribution is 6.32. The van der Waals surface area contributed by atoms with Crippen molar-refractivity contribution in [3.8, 4) is 22.4 Å². The molecule has 0 radical (unpaired) electrons. The zero-order chi connectivity index (χ0) is 13.1. The van der Waals surface area contributed by atoms with Crippen molar-refractivity contribution in [1.29, 1.82) is 0 Å². The number of nitrogens with zero attached hydrogens (tertiary/aromatic N) is 1. The maximum absolute atomic E-state index is 6.30. The van der Waals surface area contributed by atoms with E-state index in [2.05, 4.69) is 4.98 Å². The largest absolute Gasteiger partial charge is 0.235 e. The van der Waals surface area contributed by atoms with E-state index in [-0.39, 0.29) is 0 Å². The molecule has 1 heterocycles. The molecule has 0 amide bonds. The topological polar surface area (TPSA) is 12.9 Å². The Morgan fingerprint density at radius 3 is 1.79 bits per heavy atom. The Balaban J connectivity index is 2.04. The van der Waals surface area contributed by atoms with Gasteiger partial charge < -0.3 is 0 Å². The summed E-state index contributed by atoms with van der Waals surface area (Å²) in [6, 6.07) is 24.1. The summed E-state index contributed by atoms with van der Waals surface area (Å²) in [6.45, 7) is 0. The molecule has 0 N–H and O–H groups in total. The molecule has 3 aromatic rings. The molecule has 0 aliphatic rings. The van der Waals surface area contributed by atoms with Crippen LogP contribution in [0.1, 0.15) is 0 Å². The Morgan fingerprint density at radius 1 is 0.632 bits per heavy atom. The van der Waals surface area contributed by atoms with Crippen molar-refractivity contribution in [2.75, 3.05) is 0 Å². The molecule has 1 nitrogen and oxygen atoms in total. The predicted molar refractivity (Wildman–Crippen MR) is 80.1 cm³/mol. The van der Waals surface area contributed by atoms with Gasteiger partial charge in [-0.15, -0.1) is 0 Å². The molecule has 0 unspecified atom stereocenters. The summed E-state index contributed by atoms with van der Waals surface area (Å²) in [5.41, 5.74) is 4.01. The second-order valence-electron chi connectivity index (χ2n) is 4.27. The van der Waals surface area contributed by atoms with E-state index in [1.54, 1.807) is 0 Å². The number of aromatic nitrogens is 1. The van der Waals surface area contributed by atoms with Crippen LogP contribution < -0.4 is 0 Å². The highest BCUT2D eigenvalue weighted by Gasteiger charge is 2.06. The molecule has 0 aliphatic heterocycles. The molecule has 0 aliphatic carbocycles.